The second kappa shape index (κ2) is 7.99. The highest BCUT2D eigenvalue weighted by atomic mass is 79.9. The van der Waals surface area contributed by atoms with Crippen molar-refractivity contribution in [3.63, 3.8) is 0 Å². The Morgan fingerprint density at radius 1 is 1.52 bits per heavy atom. The Labute approximate surface area is 151 Å². The molecule has 1 N–H and O–H groups in total. The maximum Gasteiger partial charge on any atom is 0.410 e. The van der Waals surface area contributed by atoms with Gasteiger partial charge in [0.1, 0.15) is 5.60 Å². The van der Waals surface area contributed by atoms with E-state index in [1.165, 1.54) is 8.66 Å². The van der Waals surface area contributed by atoms with Crippen LogP contribution in [-0.4, -0.2) is 36.2 Å². The Bertz CT molecular complexity index is 527. The van der Waals surface area contributed by atoms with E-state index in [2.05, 4.69) is 40.3 Å². The number of hydrogen-bond acceptors (Lipinski definition) is 4. The molecule has 130 valence electrons. The molecule has 0 bridgehead atoms. The highest BCUT2D eigenvalue weighted by Gasteiger charge is 2.29. The van der Waals surface area contributed by atoms with Gasteiger partial charge >= 0.3 is 6.09 Å². The lowest BCUT2D eigenvalue weighted by atomic mass is 10.1. The molecule has 2 rings (SSSR count). The van der Waals surface area contributed by atoms with E-state index in [0.29, 0.717) is 12.0 Å². The Balaban J connectivity index is 1.69. The number of carbonyl (C=O) groups excluding carboxylic acids is 1. The van der Waals surface area contributed by atoms with Crippen molar-refractivity contribution in [3.05, 3.63) is 20.8 Å². The number of hydrogen-bond donors (Lipinski definition) is 1. The van der Waals surface area contributed by atoms with Crippen LogP contribution in [0, 0.1) is 5.92 Å². The molecule has 23 heavy (non-hydrogen) atoms. The van der Waals surface area contributed by atoms with E-state index in [-0.39, 0.29) is 6.09 Å². The zero-order valence-electron chi connectivity index (χ0n) is 14.4. The second-order valence-electron chi connectivity index (χ2n) is 7.19. The first-order valence-corrected chi connectivity index (χ1v) is 9.82. The molecule has 2 atom stereocenters. The fourth-order valence-electron chi connectivity index (χ4n) is 2.73. The van der Waals surface area contributed by atoms with Crippen LogP contribution in [0.15, 0.2) is 15.9 Å². The number of thiophene rings is 1. The van der Waals surface area contributed by atoms with Crippen molar-refractivity contribution >= 4 is 33.4 Å². The molecule has 6 heteroatoms. The number of carbonyl (C=O) groups is 1. The Hall–Kier alpha value is -0.590. The summed E-state index contributed by atoms with van der Waals surface area (Å²) in [6.45, 7) is 10.5. The Morgan fingerprint density at radius 3 is 2.87 bits per heavy atom. The number of rotatable bonds is 5. The van der Waals surface area contributed by atoms with Crippen LogP contribution in [-0.2, 0) is 4.74 Å². The number of nitrogens with one attached hydrogen (secondary N) is 1. The van der Waals surface area contributed by atoms with Gasteiger partial charge in [0.05, 0.1) is 3.79 Å². The lowest BCUT2D eigenvalue weighted by molar-refractivity contribution is 0.0287. The van der Waals surface area contributed by atoms with Crippen LogP contribution in [0.3, 0.4) is 0 Å². The molecule has 1 aromatic rings. The van der Waals surface area contributed by atoms with Gasteiger partial charge in [-0.2, -0.15) is 0 Å². The van der Waals surface area contributed by atoms with Crippen LogP contribution >= 0.6 is 27.3 Å². The monoisotopic (exact) mass is 402 g/mol. The molecule has 1 amide bonds. The third-order valence-electron chi connectivity index (χ3n) is 3.96. The quantitative estimate of drug-likeness (QED) is 0.767. The summed E-state index contributed by atoms with van der Waals surface area (Å²) in [5, 5.41) is 3.58. The molecule has 0 aromatic carbocycles. The molecule has 1 fully saturated rings. The van der Waals surface area contributed by atoms with Crippen LogP contribution in [0.2, 0.25) is 0 Å². The predicted octanol–water partition coefficient (Wildman–Crippen LogP) is 4.81. The number of likely N-dealkylation sites (tertiary alicyclic amines) is 1. The largest absolute Gasteiger partial charge is 0.444 e. The third kappa shape index (κ3) is 6.08. The summed E-state index contributed by atoms with van der Waals surface area (Å²) in [5.41, 5.74) is -0.416. The standard InChI is InChI=1S/C17H27BrN2O2S/c1-12(14-5-6-15(18)23-14)19-9-7-13-8-10-20(11-13)16(21)22-17(2,3)4/h5-6,12-13,19H,7-11H2,1-4H3. The molecule has 1 aromatic heterocycles. The van der Waals surface area contributed by atoms with Crippen molar-refractivity contribution in [2.75, 3.05) is 19.6 Å². The van der Waals surface area contributed by atoms with Gasteiger partial charge in [-0.25, -0.2) is 4.79 Å². The predicted molar refractivity (Wildman–Crippen MR) is 99.0 cm³/mol. The summed E-state index contributed by atoms with van der Waals surface area (Å²) in [6, 6.07) is 4.62. The first kappa shape index (κ1) is 18.7. The molecule has 0 spiro atoms. The molecule has 1 saturated heterocycles. The van der Waals surface area contributed by atoms with E-state index >= 15 is 0 Å². The van der Waals surface area contributed by atoms with E-state index in [4.69, 9.17) is 4.74 Å². The molecule has 4 nitrogen and oxygen atoms in total. The number of halogens is 1. The molecular formula is C17H27BrN2O2S. The van der Waals surface area contributed by atoms with Crippen molar-refractivity contribution in [3.8, 4) is 0 Å². The van der Waals surface area contributed by atoms with Gasteiger partial charge in [0, 0.05) is 24.0 Å². The van der Waals surface area contributed by atoms with Gasteiger partial charge in [-0.1, -0.05) is 0 Å². The van der Waals surface area contributed by atoms with E-state index in [0.717, 1.165) is 32.5 Å². The topological polar surface area (TPSA) is 41.6 Å². The number of nitrogens with zero attached hydrogens (tertiary/aromatic N) is 1. The van der Waals surface area contributed by atoms with Crippen molar-refractivity contribution < 1.29 is 9.53 Å². The molecule has 1 aliphatic heterocycles. The van der Waals surface area contributed by atoms with Crippen molar-refractivity contribution in [2.45, 2.75) is 52.2 Å². The van der Waals surface area contributed by atoms with E-state index in [1.54, 1.807) is 11.3 Å². The van der Waals surface area contributed by atoms with Crippen LogP contribution in [0.25, 0.3) is 0 Å². The minimum absolute atomic E-state index is 0.176. The molecule has 0 aliphatic carbocycles. The molecule has 2 heterocycles. The highest BCUT2D eigenvalue weighted by molar-refractivity contribution is 9.11. The van der Waals surface area contributed by atoms with Crippen LogP contribution in [0.5, 0.6) is 0 Å². The van der Waals surface area contributed by atoms with Crippen LogP contribution < -0.4 is 5.32 Å². The summed E-state index contributed by atoms with van der Waals surface area (Å²) in [7, 11) is 0. The molecule has 2 unspecified atom stereocenters. The average molecular weight is 403 g/mol. The highest BCUT2D eigenvalue weighted by Crippen LogP contribution is 2.27. The Kier molecular flexibility index (Phi) is 6.51. The van der Waals surface area contributed by atoms with E-state index in [9.17, 15) is 4.79 Å². The van der Waals surface area contributed by atoms with Gasteiger partial charge in [0.2, 0.25) is 0 Å². The average Bonchev–Trinajstić information content (AvgIpc) is 3.05. The van der Waals surface area contributed by atoms with Crippen LogP contribution in [0.4, 0.5) is 4.79 Å². The smallest absolute Gasteiger partial charge is 0.410 e. The molecular weight excluding hydrogens is 376 g/mol. The van der Waals surface area contributed by atoms with Gasteiger partial charge < -0.3 is 15.0 Å². The third-order valence-corrected chi connectivity index (χ3v) is 5.77. The maximum atomic E-state index is 12.1. The van der Waals surface area contributed by atoms with Gasteiger partial charge in [0.25, 0.3) is 0 Å². The summed E-state index contributed by atoms with van der Waals surface area (Å²) in [6.07, 6.45) is 1.99. The first-order valence-electron chi connectivity index (χ1n) is 8.21. The molecule has 0 saturated carbocycles. The summed E-state index contributed by atoms with van der Waals surface area (Å²) in [4.78, 5) is 15.2. The fourth-order valence-corrected chi connectivity index (χ4v) is 4.18. The number of amides is 1. The van der Waals surface area contributed by atoms with Crippen molar-refractivity contribution in [1.82, 2.24) is 10.2 Å². The van der Waals surface area contributed by atoms with Gasteiger partial charge in [-0.05, 0) is 81.1 Å². The van der Waals surface area contributed by atoms with Crippen molar-refractivity contribution in [2.24, 2.45) is 5.92 Å². The summed E-state index contributed by atoms with van der Waals surface area (Å²) < 4.78 is 6.61. The summed E-state index contributed by atoms with van der Waals surface area (Å²) in [5.74, 6) is 0.567. The van der Waals surface area contributed by atoms with Gasteiger partial charge in [-0.15, -0.1) is 11.3 Å². The zero-order chi connectivity index (χ0) is 17.0. The van der Waals surface area contributed by atoms with Crippen LogP contribution in [0.1, 0.15) is 51.5 Å². The van der Waals surface area contributed by atoms with E-state index in [1.807, 2.05) is 25.7 Å². The maximum absolute atomic E-state index is 12.1. The van der Waals surface area contributed by atoms with Gasteiger partial charge in [-0.3, -0.25) is 0 Å². The first-order chi connectivity index (χ1) is 10.7. The van der Waals surface area contributed by atoms with E-state index < -0.39 is 5.60 Å². The normalized spacial score (nSPS) is 19.9. The second-order valence-corrected chi connectivity index (χ2v) is 9.68. The van der Waals surface area contributed by atoms with Crippen molar-refractivity contribution in [1.29, 1.82) is 0 Å². The molecule has 0 radical (unpaired) electrons. The summed E-state index contributed by atoms with van der Waals surface area (Å²) >= 11 is 5.28. The SMILES string of the molecule is CC(NCCC1CCN(C(=O)OC(C)(C)C)C1)c1ccc(Br)s1. The minimum atomic E-state index is -0.416. The molecule has 1 aliphatic rings. The Morgan fingerprint density at radius 2 is 2.26 bits per heavy atom. The minimum Gasteiger partial charge on any atom is -0.444 e. The number of ether oxygens (including phenoxy) is 1. The zero-order valence-corrected chi connectivity index (χ0v) is 16.8. The lowest BCUT2D eigenvalue weighted by Gasteiger charge is -2.24. The van der Waals surface area contributed by atoms with Gasteiger partial charge in [0.15, 0.2) is 0 Å². The lowest BCUT2D eigenvalue weighted by Crippen LogP contribution is -2.35. The fraction of sp³-hybridized carbons (Fsp3) is 0.706.